The van der Waals surface area contributed by atoms with Crippen molar-refractivity contribution in [2.24, 2.45) is 0 Å². The second-order valence-corrected chi connectivity index (χ2v) is 11.2. The maximum Gasteiger partial charge on any atom is 0.201 e. The number of benzene rings is 4. The highest BCUT2D eigenvalue weighted by molar-refractivity contribution is 6.31. The summed E-state index contributed by atoms with van der Waals surface area (Å²) in [4.78, 5) is 41.0. The lowest BCUT2D eigenvalue weighted by Crippen LogP contribution is -2.50. The van der Waals surface area contributed by atoms with Crippen molar-refractivity contribution < 1.29 is 54.1 Å². The summed E-state index contributed by atoms with van der Waals surface area (Å²) >= 11 is 0. The van der Waals surface area contributed by atoms with E-state index >= 15 is 0 Å². The Balaban J connectivity index is 1.81. The van der Waals surface area contributed by atoms with Gasteiger partial charge in [0.05, 0.1) is 54.6 Å². The first-order valence-corrected chi connectivity index (χ1v) is 13.5. The monoisotopic (exact) mass is 600 g/mol. The van der Waals surface area contributed by atoms with E-state index in [4.69, 9.17) is 14.2 Å². The van der Waals surface area contributed by atoms with Gasteiger partial charge in [-0.2, -0.15) is 0 Å². The molecule has 0 aliphatic heterocycles. The molecule has 11 heteroatoms. The zero-order valence-corrected chi connectivity index (χ0v) is 24.4. The normalized spacial score (nSPS) is 19.0. The summed E-state index contributed by atoms with van der Waals surface area (Å²) < 4.78 is 16.6. The van der Waals surface area contributed by atoms with Crippen LogP contribution in [0.15, 0.2) is 30.3 Å². The third-order valence-corrected chi connectivity index (χ3v) is 8.44. The number of ether oxygens (including phenoxy) is 3. The lowest BCUT2D eigenvalue weighted by molar-refractivity contribution is -0.0488. The number of phenolic OH excluding ortho intramolecular Hbond substituents is 3. The number of methoxy groups -OCH3 is 3. The lowest BCUT2D eigenvalue weighted by Gasteiger charge is -2.36. The van der Waals surface area contributed by atoms with Crippen molar-refractivity contribution in [3.63, 3.8) is 0 Å². The van der Waals surface area contributed by atoms with Crippen LogP contribution < -0.4 is 14.2 Å². The van der Waals surface area contributed by atoms with Crippen molar-refractivity contribution in [2.75, 3.05) is 21.3 Å². The van der Waals surface area contributed by atoms with E-state index < -0.39 is 51.9 Å². The summed E-state index contributed by atoms with van der Waals surface area (Å²) in [7, 11) is 4.02. The summed E-state index contributed by atoms with van der Waals surface area (Å²) in [5.74, 6) is -3.82. The number of hydrogen-bond donors (Lipinski definition) is 5. The van der Waals surface area contributed by atoms with Gasteiger partial charge in [-0.05, 0) is 49.2 Å². The van der Waals surface area contributed by atoms with Crippen LogP contribution in [0, 0.1) is 6.92 Å². The molecule has 6 rings (SSSR count). The van der Waals surface area contributed by atoms with Crippen molar-refractivity contribution in [1.82, 2.24) is 0 Å². The van der Waals surface area contributed by atoms with E-state index in [9.17, 15) is 39.9 Å². The Labute approximate surface area is 250 Å². The van der Waals surface area contributed by atoms with E-state index in [2.05, 4.69) is 0 Å². The van der Waals surface area contributed by atoms with Gasteiger partial charge < -0.3 is 39.7 Å². The minimum absolute atomic E-state index is 0.0178. The molecule has 2 aliphatic carbocycles. The minimum Gasteiger partial charge on any atom is -0.507 e. The predicted molar refractivity (Wildman–Crippen MR) is 157 cm³/mol. The second-order valence-electron chi connectivity index (χ2n) is 11.2. The number of aryl methyl sites for hydroxylation is 1. The van der Waals surface area contributed by atoms with Crippen molar-refractivity contribution in [2.45, 2.75) is 32.0 Å². The van der Waals surface area contributed by atoms with Gasteiger partial charge in [0.25, 0.3) is 0 Å². The van der Waals surface area contributed by atoms with E-state index in [0.29, 0.717) is 5.56 Å². The van der Waals surface area contributed by atoms with Crippen LogP contribution in [0.3, 0.4) is 0 Å². The van der Waals surface area contributed by atoms with Crippen LogP contribution in [0.4, 0.5) is 0 Å². The third-order valence-electron chi connectivity index (χ3n) is 8.44. The number of phenols is 3. The summed E-state index contributed by atoms with van der Waals surface area (Å²) in [6, 6.07) is 7.06. The van der Waals surface area contributed by atoms with Crippen LogP contribution in [0.25, 0.3) is 21.9 Å². The molecule has 2 unspecified atom stereocenters. The van der Waals surface area contributed by atoms with Crippen molar-refractivity contribution in [1.29, 1.82) is 0 Å². The molecule has 0 aromatic heterocycles. The van der Waals surface area contributed by atoms with E-state index in [-0.39, 0.29) is 73.4 Å². The highest BCUT2D eigenvalue weighted by Crippen LogP contribution is 2.55. The summed E-state index contributed by atoms with van der Waals surface area (Å²) in [6.07, 6.45) is -2.26. The Kier molecular flexibility index (Phi) is 6.38. The molecule has 0 amide bonds. The van der Waals surface area contributed by atoms with Crippen LogP contribution in [0.1, 0.15) is 60.3 Å². The number of hydrogen-bond acceptors (Lipinski definition) is 11. The van der Waals surface area contributed by atoms with Gasteiger partial charge in [0.1, 0.15) is 40.6 Å². The molecule has 0 heterocycles. The first-order valence-electron chi connectivity index (χ1n) is 13.5. The Morgan fingerprint density at radius 3 is 2.05 bits per heavy atom. The molecule has 0 spiro atoms. The van der Waals surface area contributed by atoms with Gasteiger partial charge in [0.2, 0.25) is 5.78 Å². The Morgan fingerprint density at radius 2 is 1.41 bits per heavy atom. The molecule has 226 valence electrons. The van der Waals surface area contributed by atoms with Crippen molar-refractivity contribution in [3.8, 4) is 45.6 Å². The number of carbonyl (C=O) groups excluding carboxylic acids is 3. The topological polar surface area (TPSA) is 180 Å². The number of aliphatic hydroxyl groups excluding tert-OH is 1. The number of aliphatic hydroxyl groups is 2. The van der Waals surface area contributed by atoms with Gasteiger partial charge in [-0.1, -0.05) is 0 Å². The fourth-order valence-corrected chi connectivity index (χ4v) is 6.38. The van der Waals surface area contributed by atoms with Gasteiger partial charge in [0.15, 0.2) is 11.6 Å². The first-order chi connectivity index (χ1) is 20.8. The molecule has 0 bridgehead atoms. The molecule has 2 aliphatic rings. The quantitative estimate of drug-likeness (QED) is 0.203. The molecule has 2 atom stereocenters. The molecule has 0 fully saturated rings. The molecule has 0 radical (unpaired) electrons. The number of rotatable bonds is 4. The van der Waals surface area contributed by atoms with Gasteiger partial charge in [-0.15, -0.1) is 0 Å². The lowest BCUT2D eigenvalue weighted by atomic mass is 9.73. The molecule has 44 heavy (non-hydrogen) atoms. The van der Waals surface area contributed by atoms with Gasteiger partial charge in [-0.3, -0.25) is 14.4 Å². The standard InChI is InChI=1S/C33H28O11/c1-12-6-15-22(18(34)7-12)28(36)24-16(27(15)35)10-20(44-5)26(30(24)38)21-14-8-13(42-3)9-19(43-4)23(14)29(37)25-17(21)11-33(2,41)32(40)31(25)39/h6-10,32,34,37-38,40-41H,11H2,1-5H3. The summed E-state index contributed by atoms with van der Waals surface area (Å²) in [5, 5.41) is 56.1. The average Bonchev–Trinajstić information content (AvgIpc) is 2.97. The molecule has 11 nitrogen and oxygen atoms in total. The third kappa shape index (κ3) is 3.79. The minimum atomic E-state index is -1.99. The molecular weight excluding hydrogens is 572 g/mol. The summed E-state index contributed by atoms with van der Waals surface area (Å²) in [5.41, 5.74) is -2.71. The zero-order valence-electron chi connectivity index (χ0n) is 24.4. The molecular formula is C33H28O11. The maximum atomic E-state index is 13.9. The predicted octanol–water partition coefficient (Wildman–Crippen LogP) is 3.58. The Bertz CT molecular complexity index is 1990. The molecule has 4 aromatic rings. The second kappa shape index (κ2) is 9.69. The largest absolute Gasteiger partial charge is 0.507 e. The summed E-state index contributed by atoms with van der Waals surface area (Å²) in [6.45, 7) is 2.91. The Morgan fingerprint density at radius 1 is 0.750 bits per heavy atom. The molecule has 0 saturated carbocycles. The van der Waals surface area contributed by atoms with Gasteiger partial charge >= 0.3 is 0 Å². The average molecular weight is 601 g/mol. The Hall–Kier alpha value is -5.13. The molecule has 4 aromatic carbocycles. The van der Waals surface area contributed by atoms with E-state index in [1.54, 1.807) is 6.92 Å². The van der Waals surface area contributed by atoms with E-state index in [1.807, 2.05) is 0 Å². The number of Topliss-reactive ketones (excluding diaryl/α,β-unsaturated/α-hetero) is 1. The van der Waals surface area contributed by atoms with E-state index in [1.165, 1.54) is 58.6 Å². The maximum absolute atomic E-state index is 13.9. The van der Waals surface area contributed by atoms with Crippen molar-refractivity contribution in [3.05, 3.63) is 69.3 Å². The number of ketones is 3. The fraction of sp³-hybridized carbons (Fsp3) is 0.242. The number of fused-ring (bicyclic) bond motifs is 4. The highest BCUT2D eigenvalue weighted by atomic mass is 16.5. The van der Waals surface area contributed by atoms with Crippen LogP contribution in [0.5, 0.6) is 34.5 Å². The zero-order chi connectivity index (χ0) is 32.0. The molecule has 5 N–H and O–H groups in total. The highest BCUT2D eigenvalue weighted by Gasteiger charge is 2.47. The van der Waals surface area contributed by atoms with Crippen LogP contribution in [-0.4, -0.2) is 75.9 Å². The first kappa shape index (κ1) is 29.0. The SMILES string of the molecule is COc1cc(OC)c2c(O)c3c(c(-c4c(OC)cc5c(c4O)C(=O)c4c(O)cc(C)cc4C5=O)c2c1)CC(C)(O)C(O)C3=O. The van der Waals surface area contributed by atoms with E-state index in [0.717, 1.165) is 0 Å². The van der Waals surface area contributed by atoms with Gasteiger partial charge in [0, 0.05) is 34.6 Å². The van der Waals surface area contributed by atoms with Crippen LogP contribution in [0.2, 0.25) is 0 Å². The van der Waals surface area contributed by atoms with Crippen LogP contribution in [-0.2, 0) is 6.42 Å². The molecule has 0 saturated heterocycles. The van der Waals surface area contributed by atoms with Crippen LogP contribution >= 0.6 is 0 Å². The van der Waals surface area contributed by atoms with Gasteiger partial charge in [-0.25, -0.2) is 0 Å². The number of carbonyl (C=O) groups is 3. The fourth-order valence-electron chi connectivity index (χ4n) is 6.38. The van der Waals surface area contributed by atoms with Crippen molar-refractivity contribution >= 4 is 28.1 Å². The number of aromatic hydroxyl groups is 3. The smallest absolute Gasteiger partial charge is 0.201 e.